The van der Waals surface area contributed by atoms with Crippen molar-refractivity contribution in [3.8, 4) is 5.75 Å². The van der Waals surface area contributed by atoms with Crippen LogP contribution in [0, 0.1) is 20.8 Å². The lowest BCUT2D eigenvalue weighted by Gasteiger charge is -2.10. The third-order valence-electron chi connectivity index (χ3n) is 5.15. The molecule has 150 valence electrons. The molecule has 0 radical (unpaired) electrons. The monoisotopic (exact) mass is 397 g/mol. The second-order valence-corrected chi connectivity index (χ2v) is 7.70. The third-order valence-corrected chi connectivity index (χ3v) is 5.15. The predicted octanol–water partition coefficient (Wildman–Crippen LogP) is 7.00. The molecule has 4 rings (SSSR count). The first-order chi connectivity index (χ1) is 14.3. The number of amides is 1. The number of azo groups is 1. The van der Waals surface area contributed by atoms with E-state index in [9.17, 15) is 9.90 Å². The zero-order chi connectivity index (χ0) is 21.4. The minimum Gasteiger partial charge on any atom is -0.505 e. The number of hydrogen-bond acceptors (Lipinski definition) is 4. The van der Waals surface area contributed by atoms with E-state index in [4.69, 9.17) is 0 Å². The molecule has 0 saturated carbocycles. The minimum atomic E-state index is -0.138. The molecule has 0 saturated heterocycles. The van der Waals surface area contributed by atoms with Crippen LogP contribution in [0.5, 0.6) is 5.75 Å². The standard InChI is InChI=1S/C25H23N3O2/c1-14-9-15(2)23-13-21(6-5-18(23)10-14)27-28-24-16(3)11-19-12-20(26-17(4)29)7-8-22(19)25(24)30/h5-13,30H,1-4H3,(H,26,29). The van der Waals surface area contributed by atoms with Gasteiger partial charge < -0.3 is 10.4 Å². The molecule has 0 spiro atoms. The van der Waals surface area contributed by atoms with Crippen molar-refractivity contribution in [2.45, 2.75) is 27.7 Å². The maximum Gasteiger partial charge on any atom is 0.221 e. The van der Waals surface area contributed by atoms with Crippen LogP contribution >= 0.6 is 0 Å². The number of anilines is 1. The first kappa shape index (κ1) is 19.6. The van der Waals surface area contributed by atoms with Crippen molar-refractivity contribution in [1.29, 1.82) is 0 Å². The summed E-state index contributed by atoms with van der Waals surface area (Å²) in [6.07, 6.45) is 0. The number of hydrogen-bond donors (Lipinski definition) is 2. The second-order valence-electron chi connectivity index (χ2n) is 7.70. The van der Waals surface area contributed by atoms with Gasteiger partial charge in [-0.3, -0.25) is 4.79 Å². The summed E-state index contributed by atoms with van der Waals surface area (Å²) in [4.78, 5) is 11.3. The minimum absolute atomic E-state index is 0.0794. The lowest BCUT2D eigenvalue weighted by molar-refractivity contribution is -0.114. The van der Waals surface area contributed by atoms with Gasteiger partial charge in [0.25, 0.3) is 0 Å². The number of phenolic OH excluding ortho intramolecular Hbond substituents is 1. The second kappa shape index (κ2) is 7.59. The maximum atomic E-state index is 11.3. The van der Waals surface area contributed by atoms with Crippen LogP contribution in [0.2, 0.25) is 0 Å². The van der Waals surface area contributed by atoms with Crippen LogP contribution in [0.4, 0.5) is 17.1 Å². The van der Waals surface area contributed by atoms with Crippen molar-refractivity contribution in [3.05, 3.63) is 71.3 Å². The molecule has 0 aliphatic heterocycles. The van der Waals surface area contributed by atoms with E-state index < -0.39 is 0 Å². The average Bonchev–Trinajstić information content (AvgIpc) is 2.67. The van der Waals surface area contributed by atoms with Crippen LogP contribution in [0.25, 0.3) is 21.5 Å². The first-order valence-corrected chi connectivity index (χ1v) is 9.78. The number of benzene rings is 4. The van der Waals surface area contributed by atoms with E-state index >= 15 is 0 Å². The molecule has 0 unspecified atom stereocenters. The summed E-state index contributed by atoms with van der Waals surface area (Å²) in [7, 11) is 0. The summed E-state index contributed by atoms with van der Waals surface area (Å²) >= 11 is 0. The molecule has 2 N–H and O–H groups in total. The molecule has 4 aromatic rings. The van der Waals surface area contributed by atoms with Gasteiger partial charge in [0.15, 0.2) is 5.75 Å². The van der Waals surface area contributed by atoms with E-state index in [-0.39, 0.29) is 11.7 Å². The summed E-state index contributed by atoms with van der Waals surface area (Å²) < 4.78 is 0. The van der Waals surface area contributed by atoms with Gasteiger partial charge in [0, 0.05) is 18.0 Å². The summed E-state index contributed by atoms with van der Waals surface area (Å²) in [5.41, 5.74) is 5.08. The van der Waals surface area contributed by atoms with Gasteiger partial charge in [0.05, 0.1) is 5.69 Å². The number of nitrogens with one attached hydrogen (secondary N) is 1. The maximum absolute atomic E-state index is 11.3. The Morgan fingerprint density at radius 2 is 1.63 bits per heavy atom. The highest BCUT2D eigenvalue weighted by Crippen LogP contribution is 2.39. The number of aromatic hydroxyl groups is 1. The first-order valence-electron chi connectivity index (χ1n) is 9.78. The SMILES string of the molecule is CC(=O)Nc1ccc2c(O)c(N=Nc3ccc4cc(C)cc(C)c4c3)c(C)cc2c1. The Balaban J connectivity index is 1.73. The van der Waals surface area contributed by atoms with Crippen LogP contribution in [0.15, 0.2) is 64.8 Å². The average molecular weight is 397 g/mol. The fraction of sp³-hybridized carbons (Fsp3) is 0.160. The van der Waals surface area contributed by atoms with E-state index in [2.05, 4.69) is 41.5 Å². The van der Waals surface area contributed by atoms with Gasteiger partial charge in [0.2, 0.25) is 5.91 Å². The molecule has 0 fully saturated rings. The van der Waals surface area contributed by atoms with Crippen LogP contribution < -0.4 is 5.32 Å². The highest BCUT2D eigenvalue weighted by Gasteiger charge is 2.11. The summed E-state index contributed by atoms with van der Waals surface area (Å²) in [5.74, 6) is -0.0581. The fourth-order valence-corrected chi connectivity index (χ4v) is 3.81. The quantitative estimate of drug-likeness (QED) is 0.365. The molecule has 30 heavy (non-hydrogen) atoms. The molecule has 5 nitrogen and oxygen atoms in total. The van der Waals surface area contributed by atoms with Gasteiger partial charge in [-0.15, -0.1) is 5.11 Å². The van der Waals surface area contributed by atoms with Gasteiger partial charge in [-0.1, -0.05) is 23.8 Å². The van der Waals surface area contributed by atoms with Gasteiger partial charge in [-0.2, -0.15) is 5.11 Å². The summed E-state index contributed by atoms with van der Waals surface area (Å²) in [5, 5.41) is 26.1. The zero-order valence-electron chi connectivity index (χ0n) is 17.4. The van der Waals surface area contributed by atoms with Crippen LogP contribution in [0.3, 0.4) is 0 Å². The van der Waals surface area contributed by atoms with E-state index in [1.54, 1.807) is 12.1 Å². The number of carbonyl (C=O) groups excluding carboxylic acids is 1. The van der Waals surface area contributed by atoms with Crippen molar-refractivity contribution < 1.29 is 9.90 Å². The van der Waals surface area contributed by atoms with Crippen LogP contribution in [-0.2, 0) is 4.79 Å². The summed E-state index contributed by atoms with van der Waals surface area (Å²) in [6, 6.07) is 17.6. The van der Waals surface area contributed by atoms with Crippen molar-refractivity contribution in [3.63, 3.8) is 0 Å². The Hall–Kier alpha value is -3.73. The highest BCUT2D eigenvalue weighted by molar-refractivity contribution is 5.98. The smallest absolute Gasteiger partial charge is 0.221 e. The molecule has 0 heterocycles. The van der Waals surface area contributed by atoms with Crippen molar-refractivity contribution in [2.75, 3.05) is 5.32 Å². The Bertz CT molecular complexity index is 1340. The van der Waals surface area contributed by atoms with Gasteiger partial charge in [-0.05, 0) is 84.5 Å². The molecule has 0 bridgehead atoms. The third kappa shape index (κ3) is 3.74. The van der Waals surface area contributed by atoms with Crippen molar-refractivity contribution in [2.24, 2.45) is 10.2 Å². The number of rotatable bonds is 3. The predicted molar refractivity (Wildman–Crippen MR) is 122 cm³/mol. The molecule has 0 atom stereocenters. The topological polar surface area (TPSA) is 74.0 Å². The lowest BCUT2D eigenvalue weighted by atomic mass is 10.0. The highest BCUT2D eigenvalue weighted by atomic mass is 16.3. The normalized spacial score (nSPS) is 11.5. The largest absolute Gasteiger partial charge is 0.505 e. The van der Waals surface area contributed by atoms with Gasteiger partial charge in [-0.25, -0.2) is 0 Å². The fourth-order valence-electron chi connectivity index (χ4n) is 3.81. The van der Waals surface area contributed by atoms with E-state index in [0.29, 0.717) is 16.8 Å². The Morgan fingerprint density at radius 1 is 0.833 bits per heavy atom. The Labute approximate surface area is 175 Å². The molecular weight excluding hydrogens is 374 g/mol. The molecule has 0 aliphatic carbocycles. The van der Waals surface area contributed by atoms with E-state index in [1.165, 1.54) is 23.4 Å². The number of phenols is 1. The molecular formula is C25H23N3O2. The number of carbonyl (C=O) groups is 1. The number of nitrogens with zero attached hydrogens (tertiary/aromatic N) is 2. The zero-order valence-corrected chi connectivity index (χ0v) is 17.4. The van der Waals surface area contributed by atoms with Gasteiger partial charge in [0.1, 0.15) is 5.69 Å². The van der Waals surface area contributed by atoms with E-state index in [1.807, 2.05) is 37.3 Å². The van der Waals surface area contributed by atoms with Crippen molar-refractivity contribution in [1.82, 2.24) is 0 Å². The lowest BCUT2D eigenvalue weighted by Crippen LogP contribution is -2.05. The summed E-state index contributed by atoms with van der Waals surface area (Å²) in [6.45, 7) is 7.52. The molecule has 0 aromatic heterocycles. The Morgan fingerprint density at radius 3 is 2.40 bits per heavy atom. The molecule has 4 aromatic carbocycles. The Kier molecular flexibility index (Phi) is 4.96. The molecule has 1 amide bonds. The van der Waals surface area contributed by atoms with Crippen LogP contribution in [0.1, 0.15) is 23.6 Å². The number of aryl methyl sites for hydroxylation is 3. The number of fused-ring (bicyclic) bond motifs is 2. The van der Waals surface area contributed by atoms with E-state index in [0.717, 1.165) is 22.0 Å². The molecule has 0 aliphatic rings. The molecule has 5 heteroatoms. The van der Waals surface area contributed by atoms with Crippen LogP contribution in [-0.4, -0.2) is 11.0 Å². The van der Waals surface area contributed by atoms with Gasteiger partial charge >= 0.3 is 0 Å². The van der Waals surface area contributed by atoms with Crippen molar-refractivity contribution >= 4 is 44.5 Å².